The van der Waals surface area contributed by atoms with Crippen LogP contribution in [0.3, 0.4) is 0 Å². The summed E-state index contributed by atoms with van der Waals surface area (Å²) in [6.45, 7) is 0. The van der Waals surface area contributed by atoms with Crippen LogP contribution in [0, 0.1) is 0 Å². The van der Waals surface area contributed by atoms with E-state index < -0.39 is 5.97 Å². The molecule has 2 N–H and O–H groups in total. The molecule has 0 spiro atoms. The molecule has 0 radical (unpaired) electrons. The monoisotopic (exact) mass is 271 g/mol. The van der Waals surface area contributed by atoms with Crippen LogP contribution in [0.25, 0.3) is 22.0 Å². The van der Waals surface area contributed by atoms with Gasteiger partial charge in [-0.15, -0.1) is 0 Å². The molecule has 0 unspecified atom stereocenters. The van der Waals surface area contributed by atoms with E-state index in [1.807, 2.05) is 42.5 Å². The highest BCUT2D eigenvalue weighted by Crippen LogP contribution is 2.27. The molecule has 2 aromatic carbocycles. The molecule has 19 heavy (non-hydrogen) atoms. The number of aromatic carboxylic acids is 1. The first-order valence-corrected chi connectivity index (χ1v) is 6.13. The standard InChI is InChI=1S/C15H10ClNO2/c16-11-3-1-2-9(6-11)10-4-5-12-13(15(18)19)8-17-14(12)7-10/h1-8,17H,(H,18,19). The van der Waals surface area contributed by atoms with Crippen molar-refractivity contribution in [2.45, 2.75) is 0 Å². The van der Waals surface area contributed by atoms with Crippen molar-refractivity contribution >= 4 is 28.5 Å². The topological polar surface area (TPSA) is 53.1 Å². The number of H-pyrrole nitrogens is 1. The average Bonchev–Trinajstić information content (AvgIpc) is 2.81. The molecule has 3 nitrogen and oxygen atoms in total. The zero-order valence-corrected chi connectivity index (χ0v) is 10.6. The van der Waals surface area contributed by atoms with Gasteiger partial charge < -0.3 is 10.1 Å². The van der Waals surface area contributed by atoms with Crippen molar-refractivity contribution in [3.63, 3.8) is 0 Å². The molecular weight excluding hydrogens is 262 g/mol. The van der Waals surface area contributed by atoms with Gasteiger partial charge in [0.1, 0.15) is 0 Å². The van der Waals surface area contributed by atoms with Crippen molar-refractivity contribution < 1.29 is 9.90 Å². The summed E-state index contributed by atoms with van der Waals surface area (Å²) in [5.41, 5.74) is 3.08. The molecule has 3 aromatic rings. The van der Waals surface area contributed by atoms with Crippen molar-refractivity contribution in [2.24, 2.45) is 0 Å². The zero-order valence-electron chi connectivity index (χ0n) is 9.85. The molecule has 0 atom stereocenters. The molecule has 3 rings (SSSR count). The molecule has 0 saturated carbocycles. The Balaban J connectivity index is 2.15. The van der Waals surface area contributed by atoms with Crippen LogP contribution in [0.1, 0.15) is 10.4 Å². The Labute approximate surface area is 114 Å². The summed E-state index contributed by atoms with van der Waals surface area (Å²) >= 11 is 5.97. The summed E-state index contributed by atoms with van der Waals surface area (Å²) in [6, 6.07) is 13.2. The van der Waals surface area contributed by atoms with Crippen molar-refractivity contribution in [1.82, 2.24) is 4.98 Å². The van der Waals surface area contributed by atoms with E-state index in [9.17, 15) is 4.79 Å². The number of fused-ring (bicyclic) bond motifs is 1. The minimum Gasteiger partial charge on any atom is -0.478 e. The molecular formula is C15H10ClNO2. The number of nitrogens with one attached hydrogen (secondary N) is 1. The van der Waals surface area contributed by atoms with E-state index in [0.29, 0.717) is 10.4 Å². The number of rotatable bonds is 2. The lowest BCUT2D eigenvalue weighted by atomic mass is 10.0. The quantitative estimate of drug-likeness (QED) is 0.734. The van der Waals surface area contributed by atoms with Gasteiger partial charge in [-0.3, -0.25) is 0 Å². The predicted octanol–water partition coefficient (Wildman–Crippen LogP) is 4.19. The zero-order chi connectivity index (χ0) is 13.4. The molecule has 0 amide bonds. The van der Waals surface area contributed by atoms with E-state index in [1.165, 1.54) is 6.20 Å². The van der Waals surface area contributed by atoms with Crippen LogP contribution in [0.15, 0.2) is 48.7 Å². The number of hydrogen-bond donors (Lipinski definition) is 2. The van der Waals surface area contributed by atoms with Gasteiger partial charge in [0, 0.05) is 22.1 Å². The van der Waals surface area contributed by atoms with Crippen molar-refractivity contribution in [3.05, 3.63) is 59.2 Å². The van der Waals surface area contributed by atoms with Gasteiger partial charge in [-0.25, -0.2) is 4.79 Å². The van der Waals surface area contributed by atoms with Gasteiger partial charge in [-0.1, -0.05) is 35.9 Å². The number of carboxylic acids is 1. The van der Waals surface area contributed by atoms with E-state index in [-0.39, 0.29) is 5.56 Å². The van der Waals surface area contributed by atoms with E-state index in [0.717, 1.165) is 16.6 Å². The maximum absolute atomic E-state index is 11.0. The molecule has 0 aliphatic carbocycles. The van der Waals surface area contributed by atoms with Gasteiger partial charge in [0.05, 0.1) is 5.56 Å². The fraction of sp³-hybridized carbons (Fsp3) is 0. The molecule has 1 aromatic heterocycles. The predicted molar refractivity (Wildman–Crippen MR) is 75.7 cm³/mol. The first kappa shape index (κ1) is 11.8. The summed E-state index contributed by atoms with van der Waals surface area (Å²) in [5.74, 6) is -0.929. The molecule has 0 bridgehead atoms. The fourth-order valence-corrected chi connectivity index (χ4v) is 2.34. The number of aromatic nitrogens is 1. The number of aromatic amines is 1. The summed E-state index contributed by atoms with van der Waals surface area (Å²) in [7, 11) is 0. The Morgan fingerprint density at radius 1 is 1.11 bits per heavy atom. The van der Waals surface area contributed by atoms with E-state index in [4.69, 9.17) is 16.7 Å². The van der Waals surface area contributed by atoms with Gasteiger partial charge >= 0.3 is 5.97 Å². The molecule has 4 heteroatoms. The van der Waals surface area contributed by atoms with Gasteiger partial charge in [0.25, 0.3) is 0 Å². The average molecular weight is 272 g/mol. The largest absolute Gasteiger partial charge is 0.478 e. The fourth-order valence-electron chi connectivity index (χ4n) is 2.15. The molecule has 1 heterocycles. The van der Waals surface area contributed by atoms with Crippen LogP contribution in [0.5, 0.6) is 0 Å². The third kappa shape index (κ3) is 2.09. The first-order chi connectivity index (χ1) is 9.15. The van der Waals surface area contributed by atoms with Gasteiger partial charge in [0.2, 0.25) is 0 Å². The van der Waals surface area contributed by atoms with Gasteiger partial charge in [-0.2, -0.15) is 0 Å². The number of halogens is 1. The smallest absolute Gasteiger partial charge is 0.337 e. The van der Waals surface area contributed by atoms with E-state index in [2.05, 4.69) is 4.98 Å². The highest BCUT2D eigenvalue weighted by Gasteiger charge is 2.10. The van der Waals surface area contributed by atoms with Crippen LogP contribution in [0.2, 0.25) is 5.02 Å². The maximum Gasteiger partial charge on any atom is 0.337 e. The molecule has 0 aliphatic heterocycles. The number of benzene rings is 2. The second-order valence-electron chi connectivity index (χ2n) is 4.28. The van der Waals surface area contributed by atoms with Crippen LogP contribution in [-0.2, 0) is 0 Å². The Kier molecular flexibility index (Phi) is 2.76. The molecule has 0 fully saturated rings. The molecule has 0 saturated heterocycles. The van der Waals surface area contributed by atoms with Crippen molar-refractivity contribution in [3.8, 4) is 11.1 Å². The Morgan fingerprint density at radius 2 is 1.89 bits per heavy atom. The lowest BCUT2D eigenvalue weighted by molar-refractivity contribution is 0.0699. The SMILES string of the molecule is O=C(O)c1c[nH]c2cc(-c3cccc(Cl)c3)ccc12. The first-order valence-electron chi connectivity index (χ1n) is 5.75. The van der Waals surface area contributed by atoms with Crippen molar-refractivity contribution in [2.75, 3.05) is 0 Å². The normalized spacial score (nSPS) is 10.8. The second kappa shape index (κ2) is 4.44. The third-order valence-electron chi connectivity index (χ3n) is 3.07. The van der Waals surface area contributed by atoms with Crippen molar-refractivity contribution in [1.29, 1.82) is 0 Å². The Morgan fingerprint density at radius 3 is 2.63 bits per heavy atom. The third-order valence-corrected chi connectivity index (χ3v) is 3.31. The minimum absolute atomic E-state index is 0.285. The molecule has 0 aliphatic rings. The highest BCUT2D eigenvalue weighted by atomic mass is 35.5. The van der Waals surface area contributed by atoms with Gasteiger partial charge in [0.15, 0.2) is 0 Å². The summed E-state index contributed by atoms with van der Waals surface area (Å²) in [6.07, 6.45) is 1.51. The number of carboxylic acid groups (broad SMARTS) is 1. The molecule has 94 valence electrons. The maximum atomic E-state index is 11.0. The summed E-state index contributed by atoms with van der Waals surface area (Å²) < 4.78 is 0. The van der Waals surface area contributed by atoms with Crippen LogP contribution >= 0.6 is 11.6 Å². The lowest BCUT2D eigenvalue weighted by Gasteiger charge is -2.03. The van der Waals surface area contributed by atoms with Gasteiger partial charge in [-0.05, 0) is 29.3 Å². The summed E-state index contributed by atoms with van der Waals surface area (Å²) in [4.78, 5) is 14.0. The van der Waals surface area contributed by atoms with E-state index >= 15 is 0 Å². The Bertz CT molecular complexity index is 777. The summed E-state index contributed by atoms with van der Waals surface area (Å²) in [5, 5.41) is 10.4. The van der Waals surface area contributed by atoms with Crippen LogP contribution < -0.4 is 0 Å². The number of hydrogen-bond acceptors (Lipinski definition) is 1. The van der Waals surface area contributed by atoms with E-state index in [1.54, 1.807) is 0 Å². The number of carbonyl (C=O) groups is 1. The lowest BCUT2D eigenvalue weighted by Crippen LogP contribution is -1.93. The second-order valence-corrected chi connectivity index (χ2v) is 4.71. The Hall–Kier alpha value is -2.26. The highest BCUT2D eigenvalue weighted by molar-refractivity contribution is 6.30. The minimum atomic E-state index is -0.929. The van der Waals surface area contributed by atoms with Crippen LogP contribution in [-0.4, -0.2) is 16.1 Å². The van der Waals surface area contributed by atoms with Crippen LogP contribution in [0.4, 0.5) is 0 Å².